The van der Waals surface area contributed by atoms with Gasteiger partial charge in [0.15, 0.2) is 0 Å². The zero-order chi connectivity index (χ0) is 11.1. The van der Waals surface area contributed by atoms with Gasteiger partial charge in [0.05, 0.1) is 10.7 Å². The van der Waals surface area contributed by atoms with Gasteiger partial charge in [-0.05, 0) is 6.42 Å². The van der Waals surface area contributed by atoms with Crippen molar-refractivity contribution in [3.8, 4) is 0 Å². The van der Waals surface area contributed by atoms with Gasteiger partial charge in [0.2, 0.25) is 0 Å². The van der Waals surface area contributed by atoms with Gasteiger partial charge in [-0.3, -0.25) is 0 Å². The number of nitrogens with zero attached hydrogens (tertiary/aromatic N) is 1. The average molecular weight is 228 g/mol. The third-order valence-corrected chi connectivity index (χ3v) is 2.99. The van der Waals surface area contributed by atoms with Crippen LogP contribution in [0.1, 0.15) is 31.0 Å². The van der Waals surface area contributed by atoms with Gasteiger partial charge in [-0.15, -0.1) is 11.3 Å². The minimum atomic E-state index is 0.517. The molecule has 0 fully saturated rings. The Morgan fingerprint density at radius 2 is 2.33 bits per heavy atom. The highest BCUT2D eigenvalue weighted by atomic mass is 32.1. The fourth-order valence-electron chi connectivity index (χ4n) is 1.22. The summed E-state index contributed by atoms with van der Waals surface area (Å²) in [6.07, 6.45) is 2.08. The molecule has 1 N–H and O–H groups in total. The summed E-state index contributed by atoms with van der Waals surface area (Å²) in [6.45, 7) is 5.98. The third-order valence-electron chi connectivity index (χ3n) is 2.03. The molecule has 0 spiro atoms. The van der Waals surface area contributed by atoms with Crippen molar-refractivity contribution in [3.05, 3.63) is 16.1 Å². The largest absolute Gasteiger partial charge is 0.385 e. The van der Waals surface area contributed by atoms with Crippen LogP contribution in [0.2, 0.25) is 0 Å². The number of methoxy groups -OCH3 is 1. The average Bonchev–Trinajstić information content (AvgIpc) is 2.63. The van der Waals surface area contributed by atoms with Crippen molar-refractivity contribution in [2.75, 3.05) is 13.7 Å². The molecule has 1 aromatic rings. The first-order valence-electron chi connectivity index (χ1n) is 5.38. The molecule has 0 bridgehead atoms. The lowest BCUT2D eigenvalue weighted by Gasteiger charge is -2.04. The Labute approximate surface area is 95.9 Å². The van der Waals surface area contributed by atoms with E-state index in [-0.39, 0.29) is 0 Å². The maximum absolute atomic E-state index is 5.01. The van der Waals surface area contributed by atoms with Crippen LogP contribution in [0.25, 0.3) is 0 Å². The van der Waals surface area contributed by atoms with E-state index in [9.17, 15) is 0 Å². The van der Waals surface area contributed by atoms with E-state index in [0.717, 1.165) is 31.7 Å². The van der Waals surface area contributed by atoms with Crippen molar-refractivity contribution in [1.29, 1.82) is 0 Å². The molecule has 1 rings (SSSR count). The summed E-state index contributed by atoms with van der Waals surface area (Å²) in [7, 11) is 1.74. The van der Waals surface area contributed by atoms with Gasteiger partial charge in [-0.25, -0.2) is 4.98 Å². The predicted molar refractivity (Wildman–Crippen MR) is 64.3 cm³/mol. The SMILES string of the molecule is COCCCc1nc(CNC(C)C)cs1. The van der Waals surface area contributed by atoms with Crippen LogP contribution in [0.4, 0.5) is 0 Å². The smallest absolute Gasteiger partial charge is 0.0929 e. The van der Waals surface area contributed by atoms with E-state index in [2.05, 4.69) is 29.5 Å². The second-order valence-corrected chi connectivity index (χ2v) is 4.81. The molecule has 1 aromatic heterocycles. The number of aromatic nitrogens is 1. The number of hydrogen-bond acceptors (Lipinski definition) is 4. The van der Waals surface area contributed by atoms with Crippen molar-refractivity contribution in [3.63, 3.8) is 0 Å². The summed E-state index contributed by atoms with van der Waals surface area (Å²) in [5.41, 5.74) is 1.15. The zero-order valence-corrected chi connectivity index (χ0v) is 10.6. The van der Waals surface area contributed by atoms with Crippen molar-refractivity contribution < 1.29 is 4.74 Å². The Kier molecular flexibility index (Phi) is 5.83. The fraction of sp³-hybridized carbons (Fsp3) is 0.727. The molecule has 0 amide bonds. The molecule has 15 heavy (non-hydrogen) atoms. The minimum Gasteiger partial charge on any atom is -0.385 e. The monoisotopic (exact) mass is 228 g/mol. The number of hydrogen-bond donors (Lipinski definition) is 1. The van der Waals surface area contributed by atoms with E-state index in [1.165, 1.54) is 5.01 Å². The quantitative estimate of drug-likeness (QED) is 0.727. The first-order valence-corrected chi connectivity index (χ1v) is 6.26. The number of thiazole rings is 1. The summed E-state index contributed by atoms with van der Waals surface area (Å²) in [6, 6.07) is 0.517. The van der Waals surface area contributed by atoms with Crippen molar-refractivity contribution >= 4 is 11.3 Å². The molecular formula is C11H20N2OS. The Morgan fingerprint density at radius 3 is 3.00 bits per heavy atom. The van der Waals surface area contributed by atoms with E-state index in [1.807, 2.05) is 0 Å². The first-order chi connectivity index (χ1) is 7.22. The summed E-state index contributed by atoms with van der Waals surface area (Å²) < 4.78 is 5.01. The molecule has 3 nitrogen and oxygen atoms in total. The first kappa shape index (κ1) is 12.6. The van der Waals surface area contributed by atoms with E-state index in [4.69, 9.17) is 4.74 Å². The van der Waals surface area contributed by atoms with E-state index in [1.54, 1.807) is 18.4 Å². The molecule has 0 radical (unpaired) electrons. The van der Waals surface area contributed by atoms with Gasteiger partial charge in [-0.1, -0.05) is 13.8 Å². The lowest BCUT2D eigenvalue weighted by molar-refractivity contribution is 0.195. The number of aryl methyl sites for hydroxylation is 1. The Bertz CT molecular complexity index is 273. The molecule has 1 heterocycles. The standard InChI is InChI=1S/C11H20N2OS/c1-9(2)12-7-10-8-15-11(13-10)5-4-6-14-3/h8-9,12H,4-7H2,1-3H3. The van der Waals surface area contributed by atoms with Crippen LogP contribution in [0.5, 0.6) is 0 Å². The molecule has 0 saturated heterocycles. The van der Waals surface area contributed by atoms with Crippen molar-refractivity contribution in [2.24, 2.45) is 0 Å². The molecule has 0 aliphatic carbocycles. The zero-order valence-electron chi connectivity index (χ0n) is 9.75. The number of rotatable bonds is 7. The molecular weight excluding hydrogens is 208 g/mol. The van der Waals surface area contributed by atoms with Crippen LogP contribution in [-0.4, -0.2) is 24.7 Å². The molecule has 0 aliphatic rings. The van der Waals surface area contributed by atoms with Crippen LogP contribution in [0, 0.1) is 0 Å². The molecule has 0 unspecified atom stereocenters. The molecule has 0 saturated carbocycles. The van der Waals surface area contributed by atoms with E-state index >= 15 is 0 Å². The predicted octanol–water partition coefficient (Wildman–Crippen LogP) is 2.22. The van der Waals surface area contributed by atoms with E-state index < -0.39 is 0 Å². The topological polar surface area (TPSA) is 34.1 Å². The fourth-order valence-corrected chi connectivity index (χ4v) is 2.06. The van der Waals surface area contributed by atoms with Gasteiger partial charge in [0, 0.05) is 38.1 Å². The Morgan fingerprint density at radius 1 is 1.53 bits per heavy atom. The molecule has 0 aliphatic heterocycles. The molecule has 0 atom stereocenters. The second kappa shape index (κ2) is 6.93. The van der Waals surface area contributed by atoms with Crippen LogP contribution in [0.15, 0.2) is 5.38 Å². The number of nitrogens with one attached hydrogen (secondary N) is 1. The van der Waals surface area contributed by atoms with Crippen molar-refractivity contribution in [1.82, 2.24) is 10.3 Å². The summed E-state index contributed by atoms with van der Waals surface area (Å²) in [5, 5.41) is 6.71. The summed E-state index contributed by atoms with van der Waals surface area (Å²) in [5.74, 6) is 0. The second-order valence-electron chi connectivity index (χ2n) is 3.86. The maximum atomic E-state index is 5.01. The van der Waals surface area contributed by atoms with Crippen LogP contribution < -0.4 is 5.32 Å². The Balaban J connectivity index is 2.29. The van der Waals surface area contributed by atoms with Crippen LogP contribution >= 0.6 is 11.3 Å². The Hall–Kier alpha value is -0.450. The molecule has 86 valence electrons. The van der Waals surface area contributed by atoms with Gasteiger partial charge < -0.3 is 10.1 Å². The normalized spacial score (nSPS) is 11.2. The van der Waals surface area contributed by atoms with Crippen LogP contribution in [-0.2, 0) is 17.7 Å². The summed E-state index contributed by atoms with van der Waals surface area (Å²) in [4.78, 5) is 4.55. The summed E-state index contributed by atoms with van der Waals surface area (Å²) >= 11 is 1.74. The lowest BCUT2D eigenvalue weighted by Crippen LogP contribution is -2.21. The number of ether oxygens (including phenoxy) is 1. The molecule has 4 heteroatoms. The van der Waals surface area contributed by atoms with Gasteiger partial charge >= 0.3 is 0 Å². The lowest BCUT2D eigenvalue weighted by atomic mass is 10.3. The maximum Gasteiger partial charge on any atom is 0.0929 e. The highest BCUT2D eigenvalue weighted by molar-refractivity contribution is 7.09. The van der Waals surface area contributed by atoms with Gasteiger partial charge in [0.25, 0.3) is 0 Å². The van der Waals surface area contributed by atoms with Gasteiger partial charge in [-0.2, -0.15) is 0 Å². The highest BCUT2D eigenvalue weighted by Gasteiger charge is 2.02. The van der Waals surface area contributed by atoms with E-state index in [0.29, 0.717) is 6.04 Å². The van der Waals surface area contributed by atoms with Crippen molar-refractivity contribution in [2.45, 2.75) is 39.3 Å². The minimum absolute atomic E-state index is 0.517. The third kappa shape index (κ3) is 5.25. The van der Waals surface area contributed by atoms with Crippen LogP contribution in [0.3, 0.4) is 0 Å². The highest BCUT2D eigenvalue weighted by Crippen LogP contribution is 2.11. The molecule has 0 aromatic carbocycles. The van der Waals surface area contributed by atoms with Gasteiger partial charge in [0.1, 0.15) is 0 Å².